The number of fused-ring (bicyclic) bond motifs is 2. The van der Waals surface area contributed by atoms with Gasteiger partial charge in [-0.25, -0.2) is 0 Å². The maximum Gasteiger partial charge on any atom is 0.320 e. The molecular formula is C28H46N6O10. The lowest BCUT2D eigenvalue weighted by Gasteiger charge is -2.33. The maximum atomic E-state index is 12.3. The standard InChI is InChI=1S/C28H46N6O10/c1-32-9-11-33(23(27(41)42)5-7-25(39)29-13-21(37)17-35)15-19-3-2-4-20(31-19)16-34(12-10-32)24(28(43)44)6-8-26(40)30-14-22(38)18-36/h2-4,21-24,35-38H,5-18H2,1H3,(H,29,39)(H,30,40)(H,41,42)(H,43,44). The number of rotatable bonds is 16. The number of likely N-dealkylation sites (N-methyl/N-ethyl adjacent to an activating group) is 1. The number of nitrogens with one attached hydrogen (secondary N) is 2. The van der Waals surface area contributed by atoms with E-state index in [2.05, 4.69) is 15.6 Å². The fourth-order valence-electron chi connectivity index (χ4n) is 4.75. The third-order valence-electron chi connectivity index (χ3n) is 7.37. The fourth-order valence-corrected chi connectivity index (χ4v) is 4.75. The summed E-state index contributed by atoms with van der Waals surface area (Å²) >= 11 is 0. The van der Waals surface area contributed by atoms with Crippen LogP contribution in [0.2, 0.25) is 0 Å². The topological polar surface area (TPSA) is 236 Å². The molecule has 0 radical (unpaired) electrons. The van der Waals surface area contributed by atoms with Crippen molar-refractivity contribution in [3.8, 4) is 0 Å². The van der Waals surface area contributed by atoms with Crippen LogP contribution in [0.5, 0.6) is 0 Å². The zero-order chi connectivity index (χ0) is 32.6. The van der Waals surface area contributed by atoms with E-state index < -0.39 is 61.3 Å². The molecule has 1 aliphatic heterocycles. The van der Waals surface area contributed by atoms with Crippen LogP contribution in [0, 0.1) is 0 Å². The maximum absolute atomic E-state index is 12.3. The number of carbonyl (C=O) groups excluding carboxylic acids is 2. The molecule has 1 aromatic rings. The van der Waals surface area contributed by atoms with Crippen LogP contribution >= 0.6 is 0 Å². The van der Waals surface area contributed by atoms with Gasteiger partial charge in [0.15, 0.2) is 0 Å². The molecule has 0 saturated carbocycles. The van der Waals surface area contributed by atoms with Crippen LogP contribution in [-0.2, 0) is 32.3 Å². The van der Waals surface area contributed by atoms with E-state index in [0.29, 0.717) is 37.6 Å². The lowest BCUT2D eigenvalue weighted by atomic mass is 10.1. The summed E-state index contributed by atoms with van der Waals surface area (Å²) in [6.45, 7) is 0.597. The molecule has 2 rings (SSSR count). The third-order valence-corrected chi connectivity index (χ3v) is 7.37. The largest absolute Gasteiger partial charge is 0.480 e. The molecule has 2 heterocycles. The van der Waals surface area contributed by atoms with Gasteiger partial charge in [-0.3, -0.25) is 34.0 Å². The Morgan fingerprint density at radius 1 is 0.773 bits per heavy atom. The first-order valence-electron chi connectivity index (χ1n) is 14.6. The van der Waals surface area contributed by atoms with Crippen LogP contribution in [0.25, 0.3) is 0 Å². The Morgan fingerprint density at radius 2 is 1.18 bits per heavy atom. The van der Waals surface area contributed by atoms with Crippen LogP contribution in [0.4, 0.5) is 0 Å². The second-order valence-electron chi connectivity index (χ2n) is 10.9. The molecule has 0 fully saturated rings. The molecule has 8 N–H and O–H groups in total. The van der Waals surface area contributed by atoms with Crippen molar-refractivity contribution in [3.63, 3.8) is 0 Å². The van der Waals surface area contributed by atoms with Crippen molar-refractivity contribution in [2.24, 2.45) is 0 Å². The highest BCUT2D eigenvalue weighted by atomic mass is 16.4. The molecule has 2 amide bonds. The van der Waals surface area contributed by atoms with Gasteiger partial charge in [-0.2, -0.15) is 0 Å². The summed E-state index contributed by atoms with van der Waals surface area (Å²) in [7, 11) is 1.84. The molecule has 1 aliphatic rings. The van der Waals surface area contributed by atoms with E-state index in [0.717, 1.165) is 0 Å². The molecule has 0 spiro atoms. The molecule has 0 aliphatic carbocycles. The Labute approximate surface area is 256 Å². The number of hydrogen-bond acceptors (Lipinski definition) is 12. The summed E-state index contributed by atoms with van der Waals surface area (Å²) in [5.41, 5.74) is 1.14. The van der Waals surface area contributed by atoms with Gasteiger partial charge < -0.3 is 46.2 Å². The minimum Gasteiger partial charge on any atom is -0.480 e. The summed E-state index contributed by atoms with van der Waals surface area (Å²) in [6, 6.07) is 3.26. The molecule has 4 atom stereocenters. The lowest BCUT2D eigenvalue weighted by Crippen LogP contribution is -2.48. The average Bonchev–Trinajstić information content (AvgIpc) is 2.99. The van der Waals surface area contributed by atoms with Crippen molar-refractivity contribution in [1.29, 1.82) is 0 Å². The van der Waals surface area contributed by atoms with Crippen LogP contribution in [-0.4, -0.2) is 158 Å². The Kier molecular flexibility index (Phi) is 16.1. The first-order chi connectivity index (χ1) is 20.9. The van der Waals surface area contributed by atoms with E-state index in [9.17, 15) is 39.6 Å². The summed E-state index contributed by atoms with van der Waals surface area (Å²) in [5.74, 6) is -3.07. The van der Waals surface area contributed by atoms with E-state index in [-0.39, 0.29) is 51.9 Å². The predicted molar refractivity (Wildman–Crippen MR) is 156 cm³/mol. The Bertz CT molecular complexity index is 1000. The van der Waals surface area contributed by atoms with Gasteiger partial charge >= 0.3 is 11.9 Å². The van der Waals surface area contributed by atoms with Crippen LogP contribution in [0.3, 0.4) is 0 Å². The minimum absolute atomic E-state index is 0.0143. The van der Waals surface area contributed by atoms with Crippen molar-refractivity contribution in [2.75, 3.05) is 59.5 Å². The number of pyridine rings is 1. The molecule has 16 heteroatoms. The fraction of sp³-hybridized carbons (Fsp3) is 0.679. The summed E-state index contributed by atoms with van der Waals surface area (Å²) in [5, 5.41) is 61.8. The summed E-state index contributed by atoms with van der Waals surface area (Å²) in [4.78, 5) is 59.2. The lowest BCUT2D eigenvalue weighted by molar-refractivity contribution is -0.145. The predicted octanol–water partition coefficient (Wildman–Crippen LogP) is -2.96. The van der Waals surface area contributed by atoms with Crippen molar-refractivity contribution in [1.82, 2.24) is 30.3 Å². The average molecular weight is 627 g/mol. The number of carboxylic acid groups (broad SMARTS) is 2. The second kappa shape index (κ2) is 19.2. The van der Waals surface area contributed by atoms with Crippen molar-refractivity contribution >= 4 is 23.8 Å². The zero-order valence-electron chi connectivity index (χ0n) is 25.0. The molecule has 16 nitrogen and oxygen atoms in total. The molecule has 0 aromatic carbocycles. The SMILES string of the molecule is CN1CCN(C(CCC(=O)NCC(O)CO)C(=O)O)Cc2cccc(n2)CN(C(CCC(=O)NCC(O)CO)C(=O)O)CC1. The van der Waals surface area contributed by atoms with Crippen LogP contribution in [0.1, 0.15) is 37.1 Å². The Morgan fingerprint density at radius 3 is 1.55 bits per heavy atom. The zero-order valence-corrected chi connectivity index (χ0v) is 25.0. The van der Waals surface area contributed by atoms with Crippen molar-refractivity contribution in [3.05, 3.63) is 29.6 Å². The van der Waals surface area contributed by atoms with Gasteiger partial charge in [0.2, 0.25) is 11.8 Å². The Hall–Kier alpha value is -3.25. The van der Waals surface area contributed by atoms with Gasteiger partial charge in [-0.1, -0.05) is 6.07 Å². The van der Waals surface area contributed by atoms with Crippen LogP contribution < -0.4 is 10.6 Å². The smallest absolute Gasteiger partial charge is 0.320 e. The second-order valence-corrected chi connectivity index (χ2v) is 10.9. The van der Waals surface area contributed by atoms with Crippen molar-refractivity contribution in [2.45, 2.75) is 63.1 Å². The summed E-state index contributed by atoms with van der Waals surface area (Å²) < 4.78 is 0. The van der Waals surface area contributed by atoms with E-state index in [4.69, 9.17) is 10.2 Å². The highest BCUT2D eigenvalue weighted by Gasteiger charge is 2.30. The number of hydrogen-bond donors (Lipinski definition) is 8. The number of aliphatic hydroxyl groups excluding tert-OH is 4. The molecule has 44 heavy (non-hydrogen) atoms. The van der Waals surface area contributed by atoms with Gasteiger partial charge in [0.1, 0.15) is 12.1 Å². The number of nitrogens with zero attached hydrogens (tertiary/aromatic N) is 4. The van der Waals surface area contributed by atoms with Gasteiger partial charge in [0, 0.05) is 65.2 Å². The van der Waals surface area contributed by atoms with E-state index in [1.54, 1.807) is 28.0 Å². The van der Waals surface area contributed by atoms with Crippen molar-refractivity contribution < 1.29 is 49.8 Å². The molecule has 2 bridgehead atoms. The molecular weight excluding hydrogens is 580 g/mol. The number of carboxylic acids is 2. The normalized spacial score (nSPS) is 18.2. The number of aromatic nitrogens is 1. The number of aliphatic hydroxyl groups is 4. The van der Waals surface area contributed by atoms with Gasteiger partial charge in [-0.05, 0) is 32.0 Å². The number of carbonyl (C=O) groups is 4. The molecule has 1 aromatic heterocycles. The first-order valence-corrected chi connectivity index (χ1v) is 14.6. The minimum atomic E-state index is -1.10. The van der Waals surface area contributed by atoms with Gasteiger partial charge in [0.05, 0.1) is 36.8 Å². The van der Waals surface area contributed by atoms with Crippen LogP contribution in [0.15, 0.2) is 18.2 Å². The quantitative estimate of drug-likeness (QED) is 0.0915. The Balaban J connectivity index is 2.18. The van der Waals surface area contributed by atoms with E-state index >= 15 is 0 Å². The monoisotopic (exact) mass is 626 g/mol. The number of aliphatic carboxylic acids is 2. The third kappa shape index (κ3) is 13.2. The van der Waals surface area contributed by atoms with Gasteiger partial charge in [-0.15, -0.1) is 0 Å². The highest BCUT2D eigenvalue weighted by Crippen LogP contribution is 2.17. The highest BCUT2D eigenvalue weighted by molar-refractivity contribution is 5.79. The molecule has 0 saturated heterocycles. The molecule has 248 valence electrons. The van der Waals surface area contributed by atoms with Gasteiger partial charge in [0.25, 0.3) is 0 Å². The first kappa shape index (κ1) is 36.9. The number of amides is 2. The molecule has 4 unspecified atom stereocenters. The van der Waals surface area contributed by atoms with E-state index in [1.165, 1.54) is 0 Å². The summed E-state index contributed by atoms with van der Waals surface area (Å²) in [6.07, 6.45) is -2.37. The van der Waals surface area contributed by atoms with E-state index in [1.807, 2.05) is 11.9 Å².